The third-order valence-corrected chi connectivity index (χ3v) is 2.70. The molecule has 0 saturated carbocycles. The number of ether oxygens (including phenoxy) is 1. The van der Waals surface area contributed by atoms with Crippen LogP contribution in [0.15, 0.2) is 29.0 Å². The normalized spacial score (nSPS) is 10.3. The average Bonchev–Trinajstić information content (AvgIpc) is 2.38. The number of methoxy groups -OCH3 is 1. The lowest BCUT2D eigenvalue weighted by atomic mass is 10.2. The van der Waals surface area contributed by atoms with E-state index in [1.165, 1.54) is 0 Å². The molecule has 0 saturated heterocycles. The molecule has 2 aromatic rings. The van der Waals surface area contributed by atoms with Crippen molar-refractivity contribution < 1.29 is 4.74 Å². The number of halogens is 1. The number of nitrogens with zero attached hydrogens (tertiary/aromatic N) is 3. The number of rotatable bonds is 3. The fraction of sp³-hybridized carbons (Fsp3) is 0.250. The summed E-state index contributed by atoms with van der Waals surface area (Å²) in [5, 5.41) is 0. The molecule has 0 atom stereocenters. The van der Waals surface area contributed by atoms with E-state index in [2.05, 4.69) is 30.9 Å². The number of aromatic nitrogens is 3. The van der Waals surface area contributed by atoms with Gasteiger partial charge >= 0.3 is 0 Å². The van der Waals surface area contributed by atoms with E-state index >= 15 is 0 Å². The predicted molar refractivity (Wildman–Crippen MR) is 68.9 cm³/mol. The first-order valence-electron chi connectivity index (χ1n) is 5.26. The second kappa shape index (κ2) is 5.23. The monoisotopic (exact) mass is 293 g/mol. The van der Waals surface area contributed by atoms with Crippen LogP contribution in [0.5, 0.6) is 5.88 Å². The molecule has 17 heavy (non-hydrogen) atoms. The molecule has 0 unspecified atom stereocenters. The van der Waals surface area contributed by atoms with E-state index < -0.39 is 0 Å². The van der Waals surface area contributed by atoms with Crippen molar-refractivity contribution in [2.24, 2.45) is 0 Å². The second-order valence-corrected chi connectivity index (χ2v) is 4.25. The summed E-state index contributed by atoms with van der Waals surface area (Å²) in [6, 6.07) is 5.62. The molecule has 0 aromatic carbocycles. The van der Waals surface area contributed by atoms with Crippen molar-refractivity contribution in [3.63, 3.8) is 0 Å². The zero-order chi connectivity index (χ0) is 12.3. The Morgan fingerprint density at radius 3 is 2.71 bits per heavy atom. The van der Waals surface area contributed by atoms with Crippen molar-refractivity contribution in [2.75, 3.05) is 7.11 Å². The largest absolute Gasteiger partial charge is 0.481 e. The highest BCUT2D eigenvalue weighted by atomic mass is 79.9. The van der Waals surface area contributed by atoms with Crippen LogP contribution in [0, 0.1) is 0 Å². The minimum absolute atomic E-state index is 0.595. The van der Waals surface area contributed by atoms with E-state index in [9.17, 15) is 0 Å². The summed E-state index contributed by atoms with van der Waals surface area (Å²) in [5.41, 5.74) is 1.81. The zero-order valence-corrected chi connectivity index (χ0v) is 11.2. The van der Waals surface area contributed by atoms with Crippen LogP contribution in [-0.2, 0) is 6.42 Å². The van der Waals surface area contributed by atoms with Crippen molar-refractivity contribution in [2.45, 2.75) is 13.3 Å². The lowest BCUT2D eigenvalue weighted by Crippen LogP contribution is -1.96. The van der Waals surface area contributed by atoms with E-state index in [1.807, 2.05) is 25.1 Å². The van der Waals surface area contributed by atoms with Crippen LogP contribution in [0.1, 0.15) is 12.7 Å². The van der Waals surface area contributed by atoms with Gasteiger partial charge in [-0.1, -0.05) is 6.92 Å². The van der Waals surface area contributed by atoms with Crippen molar-refractivity contribution >= 4 is 15.9 Å². The molecule has 0 bridgehead atoms. The van der Waals surface area contributed by atoms with Gasteiger partial charge in [0.05, 0.1) is 12.8 Å². The summed E-state index contributed by atoms with van der Waals surface area (Å²) in [5.74, 6) is 1.41. The van der Waals surface area contributed by atoms with Gasteiger partial charge in [0, 0.05) is 24.2 Å². The van der Waals surface area contributed by atoms with Crippen molar-refractivity contribution in [1.29, 1.82) is 0 Å². The third kappa shape index (κ3) is 2.79. The molecule has 88 valence electrons. The highest BCUT2D eigenvalue weighted by Gasteiger charge is 2.05. The SMILES string of the molecule is CCc1nc(Br)cc(-c2ccc(OC)nc2)n1. The zero-order valence-electron chi connectivity index (χ0n) is 9.64. The molecule has 0 fully saturated rings. The third-order valence-electron chi connectivity index (χ3n) is 2.30. The van der Waals surface area contributed by atoms with Gasteiger partial charge in [0.15, 0.2) is 0 Å². The Hall–Kier alpha value is -1.49. The van der Waals surface area contributed by atoms with Gasteiger partial charge in [-0.3, -0.25) is 0 Å². The molecule has 0 N–H and O–H groups in total. The Kier molecular flexibility index (Phi) is 3.68. The average molecular weight is 294 g/mol. The Labute approximate surface area is 108 Å². The quantitative estimate of drug-likeness (QED) is 0.817. The Bertz CT molecular complexity index is 514. The van der Waals surface area contributed by atoms with Gasteiger partial charge in [-0.2, -0.15) is 0 Å². The topological polar surface area (TPSA) is 47.9 Å². The van der Waals surface area contributed by atoms with E-state index in [4.69, 9.17) is 4.74 Å². The molecule has 0 spiro atoms. The molecule has 2 rings (SSSR count). The van der Waals surface area contributed by atoms with Gasteiger partial charge < -0.3 is 4.74 Å². The van der Waals surface area contributed by atoms with E-state index in [0.717, 1.165) is 28.1 Å². The van der Waals surface area contributed by atoms with Gasteiger partial charge in [0.25, 0.3) is 0 Å². The lowest BCUT2D eigenvalue weighted by molar-refractivity contribution is 0.398. The van der Waals surface area contributed by atoms with Crippen LogP contribution in [0.2, 0.25) is 0 Å². The molecule has 0 amide bonds. The summed E-state index contributed by atoms with van der Waals surface area (Å²) < 4.78 is 5.81. The molecule has 4 nitrogen and oxygen atoms in total. The van der Waals surface area contributed by atoms with Gasteiger partial charge in [0.2, 0.25) is 5.88 Å². The van der Waals surface area contributed by atoms with Gasteiger partial charge in [-0.05, 0) is 28.1 Å². The maximum Gasteiger partial charge on any atom is 0.212 e. The molecule has 2 heterocycles. The number of aryl methyl sites for hydroxylation is 1. The standard InChI is InChI=1S/C12H12BrN3O/c1-3-11-15-9(6-10(13)16-11)8-4-5-12(17-2)14-7-8/h4-7H,3H2,1-2H3. The van der Waals surface area contributed by atoms with E-state index in [-0.39, 0.29) is 0 Å². The first-order chi connectivity index (χ1) is 8.22. The summed E-state index contributed by atoms with van der Waals surface area (Å²) in [7, 11) is 1.60. The van der Waals surface area contributed by atoms with E-state index in [1.54, 1.807) is 13.3 Å². The van der Waals surface area contributed by atoms with Crippen LogP contribution >= 0.6 is 15.9 Å². The van der Waals surface area contributed by atoms with Gasteiger partial charge in [0.1, 0.15) is 10.4 Å². The molecule has 0 aliphatic rings. The van der Waals surface area contributed by atoms with Gasteiger partial charge in [-0.15, -0.1) is 0 Å². The van der Waals surface area contributed by atoms with Gasteiger partial charge in [-0.25, -0.2) is 15.0 Å². The van der Waals surface area contributed by atoms with Crippen molar-refractivity contribution in [3.05, 3.63) is 34.8 Å². The van der Waals surface area contributed by atoms with Crippen molar-refractivity contribution in [3.8, 4) is 17.1 Å². The number of hydrogen-bond acceptors (Lipinski definition) is 4. The first-order valence-corrected chi connectivity index (χ1v) is 6.06. The number of hydrogen-bond donors (Lipinski definition) is 0. The van der Waals surface area contributed by atoms with Crippen LogP contribution in [-0.4, -0.2) is 22.1 Å². The fourth-order valence-electron chi connectivity index (χ4n) is 1.42. The minimum Gasteiger partial charge on any atom is -0.481 e. The Balaban J connectivity index is 2.41. The summed E-state index contributed by atoms with van der Waals surface area (Å²) >= 11 is 3.38. The summed E-state index contributed by atoms with van der Waals surface area (Å²) in [6.07, 6.45) is 2.54. The second-order valence-electron chi connectivity index (χ2n) is 3.43. The van der Waals surface area contributed by atoms with Crippen LogP contribution in [0.25, 0.3) is 11.3 Å². The predicted octanol–water partition coefficient (Wildman–Crippen LogP) is 2.87. The maximum atomic E-state index is 5.02. The number of pyridine rings is 1. The molecular weight excluding hydrogens is 282 g/mol. The molecule has 5 heteroatoms. The molecule has 0 radical (unpaired) electrons. The highest BCUT2D eigenvalue weighted by molar-refractivity contribution is 9.10. The lowest BCUT2D eigenvalue weighted by Gasteiger charge is -2.04. The summed E-state index contributed by atoms with van der Waals surface area (Å²) in [4.78, 5) is 12.9. The molecular formula is C12H12BrN3O. The molecule has 0 aliphatic carbocycles. The highest BCUT2D eigenvalue weighted by Crippen LogP contribution is 2.21. The maximum absolute atomic E-state index is 5.02. The summed E-state index contributed by atoms with van der Waals surface area (Å²) in [6.45, 7) is 2.03. The minimum atomic E-state index is 0.595. The fourth-order valence-corrected chi connectivity index (χ4v) is 1.84. The Morgan fingerprint density at radius 1 is 1.29 bits per heavy atom. The van der Waals surface area contributed by atoms with Crippen molar-refractivity contribution in [1.82, 2.24) is 15.0 Å². The van der Waals surface area contributed by atoms with Crippen LogP contribution in [0.4, 0.5) is 0 Å². The Morgan fingerprint density at radius 2 is 2.12 bits per heavy atom. The smallest absolute Gasteiger partial charge is 0.212 e. The van der Waals surface area contributed by atoms with Crippen LogP contribution in [0.3, 0.4) is 0 Å². The van der Waals surface area contributed by atoms with Crippen LogP contribution < -0.4 is 4.74 Å². The van der Waals surface area contributed by atoms with E-state index in [0.29, 0.717) is 5.88 Å². The molecule has 2 aromatic heterocycles. The molecule has 0 aliphatic heterocycles. The first kappa shape index (κ1) is 12.0.